The molecule has 0 aliphatic heterocycles. The maximum absolute atomic E-state index is 11.5. The third kappa shape index (κ3) is 8.85. The van der Waals surface area contributed by atoms with E-state index in [1.54, 1.807) is 7.05 Å². The molecule has 0 heterocycles. The van der Waals surface area contributed by atoms with Crippen LogP contribution in [0.3, 0.4) is 0 Å². The van der Waals surface area contributed by atoms with Crippen molar-refractivity contribution in [3.63, 3.8) is 0 Å². The summed E-state index contributed by atoms with van der Waals surface area (Å²) in [6, 6.07) is 0. The molecule has 0 saturated heterocycles. The Balaban J connectivity index is 4.04. The van der Waals surface area contributed by atoms with Gasteiger partial charge in [0.05, 0.1) is 5.37 Å². The van der Waals surface area contributed by atoms with E-state index in [9.17, 15) is 9.59 Å². The third-order valence-corrected chi connectivity index (χ3v) is 2.80. The monoisotopic (exact) mass is 262 g/mol. The van der Waals surface area contributed by atoms with E-state index in [0.717, 1.165) is 0 Å². The Labute approximate surface area is 107 Å². The molecule has 0 radical (unpaired) electrons. The highest BCUT2D eigenvalue weighted by molar-refractivity contribution is 7.99. The molecule has 0 bridgehead atoms. The van der Waals surface area contributed by atoms with E-state index >= 15 is 0 Å². The Kier molecular flexibility index (Phi) is 7.03. The molecule has 0 rings (SSSR count). The second-order valence-corrected chi connectivity index (χ2v) is 5.62. The van der Waals surface area contributed by atoms with Crippen LogP contribution >= 0.6 is 11.8 Å². The number of rotatable bonds is 5. The fourth-order valence-electron chi connectivity index (χ4n) is 1.08. The zero-order valence-electron chi connectivity index (χ0n) is 11.1. The van der Waals surface area contributed by atoms with Crippen molar-refractivity contribution in [2.75, 3.05) is 13.3 Å². The molecule has 0 aliphatic rings. The van der Waals surface area contributed by atoms with E-state index in [-0.39, 0.29) is 11.3 Å². The molecule has 0 spiro atoms. The van der Waals surface area contributed by atoms with Crippen molar-refractivity contribution in [1.29, 1.82) is 0 Å². The molecule has 0 aromatic heterocycles. The van der Waals surface area contributed by atoms with Gasteiger partial charge in [0.1, 0.15) is 5.60 Å². The number of hydrogen-bond donors (Lipinski definition) is 2. The van der Waals surface area contributed by atoms with Crippen molar-refractivity contribution >= 4 is 23.8 Å². The molecule has 2 N–H and O–H groups in total. The average molecular weight is 262 g/mol. The van der Waals surface area contributed by atoms with Crippen LogP contribution in [0.5, 0.6) is 0 Å². The van der Waals surface area contributed by atoms with E-state index < -0.39 is 11.7 Å². The van der Waals surface area contributed by atoms with Crippen LogP contribution < -0.4 is 10.6 Å². The number of hydrogen-bond acceptors (Lipinski definition) is 4. The molecule has 0 saturated carbocycles. The SMILES string of the molecule is CNC(=O)CCC(NC(=O)OC(C)(C)C)SC. The van der Waals surface area contributed by atoms with Crippen molar-refractivity contribution in [2.45, 2.75) is 44.6 Å². The molecule has 0 aromatic rings. The summed E-state index contributed by atoms with van der Waals surface area (Å²) in [6.45, 7) is 5.43. The van der Waals surface area contributed by atoms with Gasteiger partial charge in [0.2, 0.25) is 5.91 Å². The number of carbonyl (C=O) groups is 2. The molecule has 0 fully saturated rings. The van der Waals surface area contributed by atoms with Gasteiger partial charge in [-0.3, -0.25) is 4.79 Å². The topological polar surface area (TPSA) is 67.4 Å². The minimum absolute atomic E-state index is 0.0324. The Morgan fingerprint density at radius 1 is 1.35 bits per heavy atom. The van der Waals surface area contributed by atoms with E-state index in [1.165, 1.54) is 11.8 Å². The lowest BCUT2D eigenvalue weighted by atomic mass is 10.2. The summed E-state index contributed by atoms with van der Waals surface area (Å²) in [6.07, 6.45) is 2.40. The predicted molar refractivity (Wildman–Crippen MR) is 70.0 cm³/mol. The number of nitrogens with one attached hydrogen (secondary N) is 2. The van der Waals surface area contributed by atoms with Crippen LogP contribution in [0.4, 0.5) is 4.79 Å². The van der Waals surface area contributed by atoms with Gasteiger partial charge in [-0.15, -0.1) is 11.8 Å². The first-order chi connectivity index (χ1) is 7.78. The number of alkyl carbamates (subject to hydrolysis) is 1. The average Bonchev–Trinajstić information content (AvgIpc) is 2.20. The van der Waals surface area contributed by atoms with Gasteiger partial charge >= 0.3 is 6.09 Å². The minimum atomic E-state index is -0.506. The summed E-state index contributed by atoms with van der Waals surface area (Å²) >= 11 is 1.48. The van der Waals surface area contributed by atoms with Gasteiger partial charge in [-0.05, 0) is 33.4 Å². The zero-order chi connectivity index (χ0) is 13.5. The molecule has 5 nitrogen and oxygen atoms in total. The molecule has 100 valence electrons. The second-order valence-electron chi connectivity index (χ2n) is 4.58. The zero-order valence-corrected chi connectivity index (χ0v) is 11.9. The second kappa shape index (κ2) is 7.42. The lowest BCUT2D eigenvalue weighted by Gasteiger charge is -2.22. The number of carbonyl (C=O) groups excluding carboxylic acids is 2. The molecule has 17 heavy (non-hydrogen) atoms. The number of thioether (sulfide) groups is 1. The van der Waals surface area contributed by atoms with Crippen LogP contribution in [0, 0.1) is 0 Å². The maximum Gasteiger partial charge on any atom is 0.408 e. The van der Waals surface area contributed by atoms with Crippen molar-refractivity contribution in [3.05, 3.63) is 0 Å². The third-order valence-electron chi connectivity index (χ3n) is 1.87. The van der Waals surface area contributed by atoms with E-state index in [1.807, 2.05) is 27.0 Å². The van der Waals surface area contributed by atoms with Gasteiger partial charge in [0.15, 0.2) is 0 Å². The van der Waals surface area contributed by atoms with Crippen LogP contribution in [-0.2, 0) is 9.53 Å². The number of amides is 2. The Hall–Kier alpha value is -0.910. The van der Waals surface area contributed by atoms with Crippen molar-refractivity contribution < 1.29 is 14.3 Å². The molecule has 2 amide bonds. The van der Waals surface area contributed by atoms with Gasteiger partial charge in [0, 0.05) is 13.5 Å². The van der Waals surface area contributed by atoms with Crippen molar-refractivity contribution in [2.24, 2.45) is 0 Å². The predicted octanol–water partition coefficient (Wildman–Crippen LogP) is 1.73. The first-order valence-electron chi connectivity index (χ1n) is 5.51. The van der Waals surface area contributed by atoms with E-state index in [4.69, 9.17) is 4.74 Å². The Bertz CT molecular complexity index is 264. The van der Waals surface area contributed by atoms with Crippen LogP contribution in [-0.4, -0.2) is 36.3 Å². The summed E-state index contributed by atoms with van der Waals surface area (Å²) in [5.41, 5.74) is -0.506. The molecular formula is C11H22N2O3S. The highest BCUT2D eigenvalue weighted by Crippen LogP contribution is 2.12. The van der Waals surface area contributed by atoms with Gasteiger partial charge in [-0.2, -0.15) is 0 Å². The van der Waals surface area contributed by atoms with Crippen molar-refractivity contribution in [1.82, 2.24) is 10.6 Å². The molecular weight excluding hydrogens is 240 g/mol. The normalized spacial score (nSPS) is 12.8. The summed E-state index contributed by atoms with van der Waals surface area (Å²) in [4.78, 5) is 22.6. The summed E-state index contributed by atoms with van der Waals surface area (Å²) in [7, 11) is 1.59. The van der Waals surface area contributed by atoms with Gasteiger partial charge in [-0.25, -0.2) is 4.79 Å². The maximum atomic E-state index is 11.5. The smallest absolute Gasteiger partial charge is 0.408 e. The molecule has 6 heteroatoms. The largest absolute Gasteiger partial charge is 0.444 e. The van der Waals surface area contributed by atoms with E-state index in [0.29, 0.717) is 12.8 Å². The lowest BCUT2D eigenvalue weighted by molar-refractivity contribution is -0.120. The Morgan fingerprint density at radius 3 is 2.35 bits per heavy atom. The van der Waals surface area contributed by atoms with Crippen LogP contribution in [0.25, 0.3) is 0 Å². The molecule has 1 atom stereocenters. The first kappa shape index (κ1) is 16.1. The standard InChI is InChI=1S/C11H22N2O3S/c1-11(2,3)16-10(15)13-9(17-5)7-6-8(14)12-4/h9H,6-7H2,1-5H3,(H,12,14)(H,13,15). The lowest BCUT2D eigenvalue weighted by Crippen LogP contribution is -2.38. The fraction of sp³-hybridized carbons (Fsp3) is 0.818. The Morgan fingerprint density at radius 2 is 1.94 bits per heavy atom. The summed E-state index contributed by atoms with van der Waals surface area (Å²) < 4.78 is 5.14. The fourth-order valence-corrected chi connectivity index (χ4v) is 1.64. The molecule has 1 unspecified atom stereocenters. The summed E-state index contributed by atoms with van der Waals surface area (Å²) in [5.74, 6) is -0.0324. The molecule has 0 aromatic carbocycles. The highest BCUT2D eigenvalue weighted by atomic mass is 32.2. The van der Waals surface area contributed by atoms with Crippen LogP contribution in [0.2, 0.25) is 0 Å². The van der Waals surface area contributed by atoms with Gasteiger partial charge in [-0.1, -0.05) is 0 Å². The minimum Gasteiger partial charge on any atom is -0.444 e. The highest BCUT2D eigenvalue weighted by Gasteiger charge is 2.19. The number of ether oxygens (including phenoxy) is 1. The van der Waals surface area contributed by atoms with E-state index in [2.05, 4.69) is 10.6 Å². The quantitative estimate of drug-likeness (QED) is 0.740. The van der Waals surface area contributed by atoms with Gasteiger partial charge in [0.25, 0.3) is 0 Å². The first-order valence-corrected chi connectivity index (χ1v) is 6.80. The van der Waals surface area contributed by atoms with Crippen LogP contribution in [0.1, 0.15) is 33.6 Å². The summed E-state index contributed by atoms with van der Waals surface area (Å²) in [5, 5.41) is 5.16. The molecule has 0 aliphatic carbocycles. The van der Waals surface area contributed by atoms with Crippen LogP contribution in [0.15, 0.2) is 0 Å². The van der Waals surface area contributed by atoms with Crippen molar-refractivity contribution in [3.8, 4) is 0 Å². The van der Waals surface area contributed by atoms with Gasteiger partial charge < -0.3 is 15.4 Å².